The number of benzene rings is 1. The molecule has 1 rings (SSSR count). The van der Waals surface area contributed by atoms with E-state index in [4.69, 9.17) is 0 Å². The number of nitrogens with zero attached hydrogens (tertiary/aromatic N) is 1. The normalized spacial score (nSPS) is 10.9. The first-order valence-corrected chi connectivity index (χ1v) is 7.48. The van der Waals surface area contributed by atoms with Crippen LogP contribution >= 0.6 is 15.9 Å². The molecule has 0 atom stereocenters. The third-order valence-electron chi connectivity index (χ3n) is 2.91. The maximum Gasteiger partial charge on any atom is 0.165 e. The van der Waals surface area contributed by atoms with E-state index in [-0.39, 0.29) is 5.78 Å². The van der Waals surface area contributed by atoms with Gasteiger partial charge in [-0.3, -0.25) is 4.79 Å². The van der Waals surface area contributed by atoms with Gasteiger partial charge >= 0.3 is 0 Å². The second kappa shape index (κ2) is 8.44. The maximum atomic E-state index is 12.1. The van der Waals surface area contributed by atoms with Crippen molar-refractivity contribution in [3.05, 3.63) is 34.3 Å². The minimum atomic E-state index is 0.222. The van der Waals surface area contributed by atoms with Crippen LogP contribution in [0.25, 0.3) is 0 Å². The summed E-state index contributed by atoms with van der Waals surface area (Å²) in [6.07, 6.45) is 2.88. The van der Waals surface area contributed by atoms with Gasteiger partial charge in [0.25, 0.3) is 0 Å². The van der Waals surface area contributed by atoms with E-state index >= 15 is 0 Å². The van der Waals surface area contributed by atoms with E-state index in [0.29, 0.717) is 6.42 Å². The van der Waals surface area contributed by atoms with E-state index in [2.05, 4.69) is 34.7 Å². The quantitative estimate of drug-likeness (QED) is 0.672. The van der Waals surface area contributed by atoms with E-state index in [9.17, 15) is 4.79 Å². The van der Waals surface area contributed by atoms with Gasteiger partial charge in [0.15, 0.2) is 5.78 Å². The van der Waals surface area contributed by atoms with Crippen LogP contribution in [0.5, 0.6) is 0 Å². The topological polar surface area (TPSA) is 20.3 Å². The van der Waals surface area contributed by atoms with E-state index in [1.165, 1.54) is 0 Å². The van der Waals surface area contributed by atoms with E-state index in [1.54, 1.807) is 0 Å². The number of hydrogen-bond donors (Lipinski definition) is 0. The molecule has 0 aliphatic heterocycles. The zero-order valence-electron chi connectivity index (χ0n) is 11.3. The van der Waals surface area contributed by atoms with Crippen molar-refractivity contribution in [3.8, 4) is 0 Å². The summed E-state index contributed by atoms with van der Waals surface area (Å²) in [5.41, 5.74) is 0.797. The number of Topliss-reactive ketones (excluding diaryl/α,β-unsaturated/α-hetero) is 1. The van der Waals surface area contributed by atoms with Gasteiger partial charge in [-0.25, -0.2) is 0 Å². The summed E-state index contributed by atoms with van der Waals surface area (Å²) < 4.78 is 0.896. The highest BCUT2D eigenvalue weighted by Crippen LogP contribution is 2.17. The Balaban J connectivity index is 2.52. The molecule has 0 aliphatic carbocycles. The highest BCUT2D eigenvalue weighted by molar-refractivity contribution is 9.10. The fraction of sp³-hybridized carbons (Fsp3) is 0.533. The highest BCUT2D eigenvalue weighted by Gasteiger charge is 2.11. The van der Waals surface area contributed by atoms with Crippen molar-refractivity contribution in [3.63, 3.8) is 0 Å². The van der Waals surface area contributed by atoms with Crippen molar-refractivity contribution in [1.82, 2.24) is 4.90 Å². The van der Waals surface area contributed by atoms with Gasteiger partial charge in [-0.15, -0.1) is 0 Å². The van der Waals surface area contributed by atoms with Gasteiger partial charge in [-0.1, -0.05) is 48.0 Å². The van der Waals surface area contributed by atoms with Gasteiger partial charge in [0.1, 0.15) is 0 Å². The smallest absolute Gasteiger partial charge is 0.165 e. The van der Waals surface area contributed by atoms with Gasteiger partial charge < -0.3 is 4.90 Å². The van der Waals surface area contributed by atoms with Crippen LogP contribution in [0, 0.1) is 0 Å². The van der Waals surface area contributed by atoms with Crippen molar-refractivity contribution in [2.24, 2.45) is 0 Å². The fourth-order valence-corrected chi connectivity index (χ4v) is 2.56. The first kappa shape index (κ1) is 15.4. The average molecular weight is 312 g/mol. The molecule has 18 heavy (non-hydrogen) atoms. The molecule has 0 aliphatic rings. The Morgan fingerprint density at radius 2 is 1.72 bits per heavy atom. The predicted octanol–water partition coefficient (Wildman–Crippen LogP) is 4.14. The van der Waals surface area contributed by atoms with Crippen molar-refractivity contribution in [2.75, 3.05) is 19.6 Å². The Kier molecular flexibility index (Phi) is 7.21. The molecule has 0 fully saturated rings. The molecule has 1 aromatic carbocycles. The van der Waals surface area contributed by atoms with Crippen LogP contribution in [-0.4, -0.2) is 30.3 Å². The van der Waals surface area contributed by atoms with Crippen molar-refractivity contribution in [2.45, 2.75) is 33.1 Å². The lowest BCUT2D eigenvalue weighted by atomic mass is 10.1. The molecular formula is C15H22BrNO. The van der Waals surface area contributed by atoms with Gasteiger partial charge in [-0.05, 0) is 32.0 Å². The van der Waals surface area contributed by atoms with Crippen LogP contribution in [0.1, 0.15) is 43.5 Å². The molecule has 0 amide bonds. The van der Waals surface area contributed by atoms with Gasteiger partial charge in [-0.2, -0.15) is 0 Å². The third-order valence-corrected chi connectivity index (χ3v) is 3.60. The lowest BCUT2D eigenvalue weighted by Gasteiger charge is -2.20. The molecule has 0 aromatic heterocycles. The molecular weight excluding hydrogens is 290 g/mol. The van der Waals surface area contributed by atoms with E-state index in [0.717, 1.165) is 42.5 Å². The second-order valence-electron chi connectivity index (χ2n) is 4.49. The number of carbonyl (C=O) groups is 1. The second-order valence-corrected chi connectivity index (χ2v) is 5.35. The molecule has 3 heteroatoms. The summed E-state index contributed by atoms with van der Waals surface area (Å²) in [6, 6.07) is 7.65. The summed E-state index contributed by atoms with van der Waals surface area (Å²) in [5, 5.41) is 0. The molecule has 100 valence electrons. The Labute approximate surface area is 119 Å². The van der Waals surface area contributed by atoms with Gasteiger partial charge in [0.2, 0.25) is 0 Å². The van der Waals surface area contributed by atoms with E-state index in [1.807, 2.05) is 24.3 Å². The molecule has 0 N–H and O–H groups in total. The average Bonchev–Trinajstić information content (AvgIpc) is 2.36. The zero-order valence-corrected chi connectivity index (χ0v) is 12.9. The molecule has 1 aromatic rings. The highest BCUT2D eigenvalue weighted by atomic mass is 79.9. The summed E-state index contributed by atoms with van der Waals surface area (Å²) in [6.45, 7) is 7.38. The number of rotatable bonds is 8. The van der Waals surface area contributed by atoms with Crippen LogP contribution in [0.4, 0.5) is 0 Å². The summed E-state index contributed by atoms with van der Waals surface area (Å²) >= 11 is 3.43. The summed E-state index contributed by atoms with van der Waals surface area (Å²) in [5.74, 6) is 0.222. The van der Waals surface area contributed by atoms with Crippen LogP contribution in [0.2, 0.25) is 0 Å². The van der Waals surface area contributed by atoms with Gasteiger partial charge in [0, 0.05) is 23.0 Å². The molecule has 0 bridgehead atoms. The largest absolute Gasteiger partial charge is 0.303 e. The number of halogens is 1. The number of carbonyl (C=O) groups excluding carboxylic acids is 1. The van der Waals surface area contributed by atoms with Crippen molar-refractivity contribution in [1.29, 1.82) is 0 Å². The van der Waals surface area contributed by atoms with Crippen molar-refractivity contribution < 1.29 is 4.79 Å². The zero-order chi connectivity index (χ0) is 13.4. The lowest BCUT2D eigenvalue weighted by molar-refractivity contribution is 0.0963. The standard InChI is InChI=1S/C15H22BrNO/c1-3-10-17(11-4-2)12-9-15(18)13-7-5-6-8-14(13)16/h5-8H,3-4,9-12H2,1-2H3. The molecule has 2 nitrogen and oxygen atoms in total. The minimum Gasteiger partial charge on any atom is -0.303 e. The first-order valence-electron chi connectivity index (χ1n) is 6.69. The molecule has 0 saturated carbocycles. The summed E-state index contributed by atoms with van der Waals surface area (Å²) in [7, 11) is 0. The van der Waals surface area contributed by atoms with Crippen LogP contribution in [0.15, 0.2) is 28.7 Å². The molecule has 0 unspecified atom stereocenters. The monoisotopic (exact) mass is 311 g/mol. The Bertz CT molecular complexity index is 373. The molecule has 0 spiro atoms. The SMILES string of the molecule is CCCN(CCC)CCC(=O)c1ccccc1Br. The Morgan fingerprint density at radius 3 is 2.28 bits per heavy atom. The Hall–Kier alpha value is -0.670. The number of ketones is 1. The third kappa shape index (κ3) is 4.91. The number of hydrogen-bond acceptors (Lipinski definition) is 2. The maximum absolute atomic E-state index is 12.1. The lowest BCUT2D eigenvalue weighted by Crippen LogP contribution is -2.28. The first-order chi connectivity index (χ1) is 8.69. The van der Waals surface area contributed by atoms with Crippen LogP contribution in [0.3, 0.4) is 0 Å². The molecule has 0 saturated heterocycles. The summed E-state index contributed by atoms with van der Waals surface area (Å²) in [4.78, 5) is 14.5. The molecule has 0 radical (unpaired) electrons. The minimum absolute atomic E-state index is 0.222. The fourth-order valence-electron chi connectivity index (χ4n) is 2.05. The predicted molar refractivity (Wildman–Crippen MR) is 80.1 cm³/mol. The van der Waals surface area contributed by atoms with Crippen LogP contribution in [-0.2, 0) is 0 Å². The van der Waals surface area contributed by atoms with Crippen molar-refractivity contribution >= 4 is 21.7 Å². The molecule has 0 heterocycles. The van der Waals surface area contributed by atoms with Gasteiger partial charge in [0.05, 0.1) is 0 Å². The van der Waals surface area contributed by atoms with Crippen LogP contribution < -0.4 is 0 Å². The van der Waals surface area contributed by atoms with E-state index < -0.39 is 0 Å². The Morgan fingerprint density at radius 1 is 1.11 bits per heavy atom.